The van der Waals surface area contributed by atoms with Crippen LogP contribution in [0.1, 0.15) is 25.0 Å². The van der Waals surface area contributed by atoms with E-state index in [0.29, 0.717) is 18.8 Å². The van der Waals surface area contributed by atoms with Crippen LogP contribution in [0.3, 0.4) is 0 Å². The number of ether oxygens (including phenoxy) is 2. The van der Waals surface area contributed by atoms with Crippen LogP contribution in [0.2, 0.25) is 0 Å². The highest BCUT2D eigenvalue weighted by atomic mass is 16.5. The van der Waals surface area contributed by atoms with Crippen molar-refractivity contribution in [3.63, 3.8) is 0 Å². The molecule has 144 valence electrons. The summed E-state index contributed by atoms with van der Waals surface area (Å²) >= 11 is 0. The maximum atomic E-state index is 12.2. The lowest BCUT2D eigenvalue weighted by molar-refractivity contribution is -0.147. The highest BCUT2D eigenvalue weighted by Crippen LogP contribution is 2.13. The minimum Gasteiger partial charge on any atom is -0.484 e. The van der Waals surface area contributed by atoms with Gasteiger partial charge in [-0.15, -0.1) is 0 Å². The molecule has 0 spiro atoms. The van der Waals surface area contributed by atoms with Crippen LogP contribution < -0.4 is 10.1 Å². The number of esters is 1. The fraction of sp³-hybridized carbons (Fsp3) is 0.364. The van der Waals surface area contributed by atoms with Gasteiger partial charge in [0.25, 0.3) is 5.91 Å². The molecule has 0 aromatic heterocycles. The van der Waals surface area contributed by atoms with Gasteiger partial charge in [0.1, 0.15) is 5.75 Å². The third-order valence-electron chi connectivity index (χ3n) is 4.19. The van der Waals surface area contributed by atoms with Crippen LogP contribution in [0.25, 0.3) is 0 Å². The predicted octanol–water partition coefficient (Wildman–Crippen LogP) is 3.17. The van der Waals surface area contributed by atoms with Gasteiger partial charge in [-0.1, -0.05) is 49.4 Å². The third-order valence-corrected chi connectivity index (χ3v) is 4.19. The number of carbonyl (C=O) groups is 2. The van der Waals surface area contributed by atoms with Gasteiger partial charge >= 0.3 is 5.97 Å². The van der Waals surface area contributed by atoms with Gasteiger partial charge in [-0.25, -0.2) is 0 Å². The summed E-state index contributed by atoms with van der Waals surface area (Å²) in [6.45, 7) is 4.29. The largest absolute Gasteiger partial charge is 0.484 e. The van der Waals surface area contributed by atoms with E-state index < -0.39 is 5.92 Å². The number of amides is 1. The zero-order valence-corrected chi connectivity index (χ0v) is 15.9. The van der Waals surface area contributed by atoms with Crippen molar-refractivity contribution in [3.05, 3.63) is 65.7 Å². The summed E-state index contributed by atoms with van der Waals surface area (Å²) in [6, 6.07) is 17.3. The zero-order chi connectivity index (χ0) is 19.5. The normalized spacial score (nSPS) is 11.5. The number of benzene rings is 2. The number of rotatable bonds is 10. The molecule has 1 atom stereocenters. The highest BCUT2D eigenvalue weighted by molar-refractivity contribution is 5.79. The molecular weight excluding hydrogens is 342 g/mol. The molecular formula is C22H27NO4. The number of aryl methyl sites for hydroxylation is 1. The van der Waals surface area contributed by atoms with E-state index >= 15 is 0 Å². The Morgan fingerprint density at radius 3 is 2.30 bits per heavy atom. The van der Waals surface area contributed by atoms with Gasteiger partial charge in [-0.3, -0.25) is 9.59 Å². The summed E-state index contributed by atoms with van der Waals surface area (Å²) < 4.78 is 10.6. The Morgan fingerprint density at radius 1 is 0.963 bits per heavy atom. The van der Waals surface area contributed by atoms with Gasteiger partial charge in [-0.2, -0.15) is 0 Å². The molecule has 0 bridgehead atoms. The Kier molecular flexibility index (Phi) is 8.36. The van der Waals surface area contributed by atoms with Gasteiger partial charge in [0.05, 0.1) is 12.5 Å². The Balaban J connectivity index is 1.84. The van der Waals surface area contributed by atoms with Gasteiger partial charge in [0.2, 0.25) is 0 Å². The summed E-state index contributed by atoms with van der Waals surface area (Å²) in [4.78, 5) is 24.3. The Labute approximate surface area is 160 Å². The van der Waals surface area contributed by atoms with Crippen LogP contribution in [0, 0.1) is 5.92 Å². The van der Waals surface area contributed by atoms with Crippen LogP contribution in [0.15, 0.2) is 54.6 Å². The van der Waals surface area contributed by atoms with E-state index in [1.807, 2.05) is 54.6 Å². The van der Waals surface area contributed by atoms with Crippen molar-refractivity contribution >= 4 is 11.9 Å². The van der Waals surface area contributed by atoms with E-state index in [2.05, 4.69) is 12.2 Å². The minimum absolute atomic E-state index is 0.0909. The summed E-state index contributed by atoms with van der Waals surface area (Å²) in [5.41, 5.74) is 2.24. The first-order valence-electron chi connectivity index (χ1n) is 9.31. The lowest BCUT2D eigenvalue weighted by atomic mass is 9.99. The fourth-order valence-corrected chi connectivity index (χ4v) is 2.66. The molecule has 2 aromatic carbocycles. The molecule has 2 rings (SSSR count). The first kappa shape index (κ1) is 20.5. The Bertz CT molecular complexity index is 713. The van der Waals surface area contributed by atoms with Crippen LogP contribution in [-0.2, 0) is 27.2 Å². The second kappa shape index (κ2) is 11.0. The summed E-state index contributed by atoms with van der Waals surface area (Å²) in [5.74, 6) is -0.358. The van der Waals surface area contributed by atoms with E-state index in [0.717, 1.165) is 12.0 Å². The first-order valence-corrected chi connectivity index (χ1v) is 9.31. The second-order valence-electron chi connectivity index (χ2n) is 6.23. The van der Waals surface area contributed by atoms with Crippen LogP contribution >= 0.6 is 0 Å². The van der Waals surface area contributed by atoms with E-state index in [1.54, 1.807) is 6.92 Å². The van der Waals surface area contributed by atoms with E-state index in [9.17, 15) is 9.59 Å². The zero-order valence-electron chi connectivity index (χ0n) is 15.9. The molecule has 1 N–H and O–H groups in total. The Hall–Kier alpha value is -2.82. The molecule has 5 nitrogen and oxygen atoms in total. The summed E-state index contributed by atoms with van der Waals surface area (Å²) in [7, 11) is 0. The monoisotopic (exact) mass is 369 g/mol. The predicted molar refractivity (Wildman–Crippen MR) is 105 cm³/mol. The van der Waals surface area contributed by atoms with Gasteiger partial charge in [-0.05, 0) is 43.0 Å². The maximum absolute atomic E-state index is 12.2. The molecule has 1 unspecified atom stereocenters. The van der Waals surface area contributed by atoms with Crippen LogP contribution in [-0.4, -0.2) is 31.6 Å². The van der Waals surface area contributed by atoms with Crippen molar-refractivity contribution in [2.75, 3.05) is 19.8 Å². The lowest BCUT2D eigenvalue weighted by Gasteiger charge is -2.16. The van der Waals surface area contributed by atoms with Crippen LogP contribution in [0.5, 0.6) is 5.75 Å². The topological polar surface area (TPSA) is 64.6 Å². The van der Waals surface area contributed by atoms with Crippen molar-refractivity contribution in [1.82, 2.24) is 5.32 Å². The molecule has 0 aliphatic rings. The third kappa shape index (κ3) is 7.13. The van der Waals surface area contributed by atoms with Crippen molar-refractivity contribution < 1.29 is 19.1 Å². The summed E-state index contributed by atoms with van der Waals surface area (Å²) in [6.07, 6.45) is 1.47. The number of nitrogens with one attached hydrogen (secondary N) is 1. The molecule has 0 fully saturated rings. The molecule has 27 heavy (non-hydrogen) atoms. The van der Waals surface area contributed by atoms with Crippen molar-refractivity contribution in [1.29, 1.82) is 0 Å². The second-order valence-corrected chi connectivity index (χ2v) is 6.23. The van der Waals surface area contributed by atoms with Crippen molar-refractivity contribution in [2.45, 2.75) is 26.7 Å². The molecule has 0 saturated carbocycles. The number of hydrogen-bond acceptors (Lipinski definition) is 4. The quantitative estimate of drug-likeness (QED) is 0.654. The number of hydrogen-bond donors (Lipinski definition) is 1. The average molecular weight is 369 g/mol. The SMILES string of the molecule is CCOC(=O)C(CNC(=O)COc1ccc(CC)cc1)Cc1ccccc1. The molecule has 2 aromatic rings. The smallest absolute Gasteiger partial charge is 0.311 e. The van der Waals surface area contributed by atoms with E-state index in [4.69, 9.17) is 9.47 Å². The van der Waals surface area contributed by atoms with Gasteiger partial charge in [0, 0.05) is 6.54 Å². The average Bonchev–Trinajstić information content (AvgIpc) is 2.70. The molecule has 0 aliphatic heterocycles. The van der Waals surface area contributed by atoms with E-state index in [-0.39, 0.29) is 25.0 Å². The molecule has 0 aliphatic carbocycles. The van der Waals surface area contributed by atoms with Gasteiger partial charge < -0.3 is 14.8 Å². The Morgan fingerprint density at radius 2 is 1.67 bits per heavy atom. The first-order chi connectivity index (χ1) is 13.1. The van der Waals surface area contributed by atoms with Crippen LogP contribution in [0.4, 0.5) is 0 Å². The maximum Gasteiger partial charge on any atom is 0.311 e. The molecule has 1 amide bonds. The standard InChI is InChI=1S/C22H27NO4/c1-3-17-10-12-20(13-11-17)27-16-21(24)23-15-19(22(25)26-4-2)14-18-8-6-5-7-9-18/h5-13,19H,3-4,14-16H2,1-2H3,(H,23,24). The number of carbonyl (C=O) groups excluding carboxylic acids is 2. The molecule has 0 saturated heterocycles. The fourth-order valence-electron chi connectivity index (χ4n) is 2.66. The van der Waals surface area contributed by atoms with Gasteiger partial charge in [0.15, 0.2) is 6.61 Å². The lowest BCUT2D eigenvalue weighted by Crippen LogP contribution is -2.37. The summed E-state index contributed by atoms with van der Waals surface area (Å²) in [5, 5.41) is 2.77. The molecule has 0 radical (unpaired) electrons. The molecule has 0 heterocycles. The van der Waals surface area contributed by atoms with E-state index in [1.165, 1.54) is 5.56 Å². The molecule has 5 heteroatoms. The highest BCUT2D eigenvalue weighted by Gasteiger charge is 2.21. The van der Waals surface area contributed by atoms with Crippen molar-refractivity contribution in [3.8, 4) is 5.75 Å². The minimum atomic E-state index is -0.430. The van der Waals surface area contributed by atoms with Crippen molar-refractivity contribution in [2.24, 2.45) is 5.92 Å².